The fraction of sp³-hybridized carbons (Fsp3) is 0.231. The van der Waals surface area contributed by atoms with Crippen molar-refractivity contribution in [3.63, 3.8) is 0 Å². The normalized spacial score (nSPS) is 10.5. The average molecular weight is 343 g/mol. The van der Waals surface area contributed by atoms with Crippen molar-refractivity contribution in [2.45, 2.75) is 20.4 Å². The van der Waals surface area contributed by atoms with Crippen molar-refractivity contribution in [1.82, 2.24) is 9.78 Å². The van der Waals surface area contributed by atoms with E-state index in [1.165, 1.54) is 0 Å². The third-order valence-corrected chi connectivity index (χ3v) is 3.49. The fourth-order valence-corrected chi connectivity index (χ4v) is 2.53. The van der Waals surface area contributed by atoms with Crippen LogP contribution in [0.15, 0.2) is 28.7 Å². The Balaban J connectivity index is 2.07. The lowest BCUT2D eigenvalue weighted by molar-refractivity contribution is -0.116. The first-order valence-corrected chi connectivity index (χ1v) is 6.89. The highest BCUT2D eigenvalue weighted by molar-refractivity contribution is 9.10. The lowest BCUT2D eigenvalue weighted by atomic mass is 10.3. The highest BCUT2D eigenvalue weighted by Gasteiger charge is 2.09. The van der Waals surface area contributed by atoms with Gasteiger partial charge in [-0.15, -0.1) is 0 Å². The molecule has 0 aliphatic carbocycles. The average Bonchev–Trinajstić information content (AvgIpc) is 2.61. The summed E-state index contributed by atoms with van der Waals surface area (Å²) in [6, 6.07) is 7.16. The largest absolute Gasteiger partial charge is 0.323 e. The Morgan fingerprint density at radius 1 is 1.42 bits per heavy atom. The van der Waals surface area contributed by atoms with Crippen LogP contribution < -0.4 is 5.32 Å². The van der Waals surface area contributed by atoms with Gasteiger partial charge in [-0.2, -0.15) is 5.10 Å². The first kappa shape index (κ1) is 14.1. The minimum Gasteiger partial charge on any atom is -0.323 e. The van der Waals surface area contributed by atoms with Crippen molar-refractivity contribution in [2.24, 2.45) is 0 Å². The molecule has 0 saturated heterocycles. The molecule has 2 rings (SSSR count). The van der Waals surface area contributed by atoms with E-state index in [1.54, 1.807) is 22.9 Å². The number of benzene rings is 1. The van der Waals surface area contributed by atoms with Crippen LogP contribution in [-0.2, 0) is 11.3 Å². The van der Waals surface area contributed by atoms with Crippen LogP contribution in [0.5, 0.6) is 0 Å². The number of anilines is 1. The smallest absolute Gasteiger partial charge is 0.246 e. The molecule has 0 aliphatic rings. The molecule has 0 radical (unpaired) electrons. The highest BCUT2D eigenvalue weighted by Crippen LogP contribution is 2.25. The fourth-order valence-electron chi connectivity index (χ4n) is 1.75. The summed E-state index contributed by atoms with van der Waals surface area (Å²) in [5, 5.41) is 7.68. The van der Waals surface area contributed by atoms with Gasteiger partial charge in [0, 0.05) is 15.2 Å². The molecule has 1 amide bonds. The number of halogens is 2. The van der Waals surface area contributed by atoms with Crippen LogP contribution in [0, 0.1) is 13.8 Å². The van der Waals surface area contributed by atoms with E-state index in [4.69, 9.17) is 11.6 Å². The number of amides is 1. The van der Waals surface area contributed by atoms with Gasteiger partial charge in [-0.3, -0.25) is 9.48 Å². The van der Waals surface area contributed by atoms with Crippen LogP contribution in [0.1, 0.15) is 11.4 Å². The van der Waals surface area contributed by atoms with Gasteiger partial charge in [0.1, 0.15) is 6.54 Å². The van der Waals surface area contributed by atoms with Crippen molar-refractivity contribution in [1.29, 1.82) is 0 Å². The molecule has 2 aromatic rings. The van der Waals surface area contributed by atoms with E-state index in [2.05, 4.69) is 26.3 Å². The van der Waals surface area contributed by atoms with Gasteiger partial charge in [-0.25, -0.2) is 0 Å². The Kier molecular flexibility index (Phi) is 4.27. The van der Waals surface area contributed by atoms with Crippen LogP contribution in [0.4, 0.5) is 5.69 Å². The van der Waals surface area contributed by atoms with E-state index < -0.39 is 0 Å². The second-order valence-corrected chi connectivity index (χ2v) is 5.55. The van der Waals surface area contributed by atoms with Crippen molar-refractivity contribution < 1.29 is 4.79 Å². The standard InChI is InChI=1S/C13H13BrClN3O/c1-8-5-9(2)18(17-8)7-13(19)16-12-4-3-10(15)6-11(12)14/h3-6H,7H2,1-2H3,(H,16,19). The molecule has 0 saturated carbocycles. The number of aromatic nitrogens is 2. The van der Waals surface area contributed by atoms with Gasteiger partial charge in [0.2, 0.25) is 5.91 Å². The minimum atomic E-state index is -0.130. The second kappa shape index (κ2) is 5.75. The molecule has 0 atom stereocenters. The van der Waals surface area contributed by atoms with Gasteiger partial charge >= 0.3 is 0 Å². The molecule has 1 aromatic carbocycles. The van der Waals surface area contributed by atoms with Crippen molar-refractivity contribution in [2.75, 3.05) is 5.32 Å². The van der Waals surface area contributed by atoms with Gasteiger partial charge in [0.05, 0.1) is 11.4 Å². The third kappa shape index (κ3) is 3.58. The molecular formula is C13H13BrClN3O. The SMILES string of the molecule is Cc1cc(C)n(CC(=O)Nc2ccc(Cl)cc2Br)n1. The van der Waals surface area contributed by atoms with Gasteiger partial charge in [-0.1, -0.05) is 11.6 Å². The summed E-state index contributed by atoms with van der Waals surface area (Å²) in [6.07, 6.45) is 0. The zero-order valence-electron chi connectivity index (χ0n) is 10.6. The van der Waals surface area contributed by atoms with Gasteiger partial charge < -0.3 is 5.32 Å². The first-order chi connectivity index (χ1) is 8.95. The number of hydrogen-bond donors (Lipinski definition) is 1. The maximum atomic E-state index is 12.0. The molecule has 1 N–H and O–H groups in total. The van der Waals surface area contributed by atoms with Crippen LogP contribution in [0.25, 0.3) is 0 Å². The Bertz CT molecular complexity index is 624. The summed E-state index contributed by atoms with van der Waals surface area (Å²) in [6.45, 7) is 4.01. The Morgan fingerprint density at radius 2 is 2.16 bits per heavy atom. The summed E-state index contributed by atoms with van der Waals surface area (Å²) in [7, 11) is 0. The van der Waals surface area contributed by atoms with E-state index in [0.717, 1.165) is 15.9 Å². The van der Waals surface area contributed by atoms with Gasteiger partial charge in [-0.05, 0) is 54.0 Å². The summed E-state index contributed by atoms with van der Waals surface area (Å²) in [5.74, 6) is -0.130. The maximum absolute atomic E-state index is 12.0. The van der Waals surface area contributed by atoms with Crippen LogP contribution in [0.3, 0.4) is 0 Å². The number of hydrogen-bond acceptors (Lipinski definition) is 2. The number of carbonyl (C=O) groups is 1. The Morgan fingerprint density at radius 3 is 2.74 bits per heavy atom. The van der Waals surface area contributed by atoms with Crippen LogP contribution >= 0.6 is 27.5 Å². The monoisotopic (exact) mass is 341 g/mol. The van der Waals surface area contributed by atoms with Gasteiger partial charge in [0.25, 0.3) is 0 Å². The lowest BCUT2D eigenvalue weighted by Gasteiger charge is -2.08. The quantitative estimate of drug-likeness (QED) is 0.927. The number of aryl methyl sites for hydroxylation is 2. The zero-order valence-corrected chi connectivity index (χ0v) is 12.9. The lowest BCUT2D eigenvalue weighted by Crippen LogP contribution is -2.20. The molecule has 1 aromatic heterocycles. The molecule has 6 heteroatoms. The molecule has 100 valence electrons. The minimum absolute atomic E-state index is 0.130. The number of rotatable bonds is 3. The van der Waals surface area contributed by atoms with Crippen molar-refractivity contribution >= 4 is 39.1 Å². The summed E-state index contributed by atoms with van der Waals surface area (Å²) in [5.41, 5.74) is 2.55. The second-order valence-electron chi connectivity index (χ2n) is 4.26. The van der Waals surface area contributed by atoms with E-state index in [1.807, 2.05) is 19.9 Å². The molecule has 4 nitrogen and oxygen atoms in total. The molecule has 19 heavy (non-hydrogen) atoms. The summed E-state index contributed by atoms with van der Waals surface area (Å²) in [4.78, 5) is 12.0. The van der Waals surface area contributed by atoms with E-state index in [0.29, 0.717) is 10.7 Å². The van der Waals surface area contributed by atoms with E-state index in [9.17, 15) is 4.79 Å². The van der Waals surface area contributed by atoms with Crippen LogP contribution in [0.2, 0.25) is 5.02 Å². The summed E-state index contributed by atoms with van der Waals surface area (Å²) < 4.78 is 2.43. The number of carbonyl (C=O) groups excluding carboxylic acids is 1. The molecule has 0 aliphatic heterocycles. The molecule has 0 unspecified atom stereocenters. The first-order valence-electron chi connectivity index (χ1n) is 5.71. The number of nitrogens with zero attached hydrogens (tertiary/aromatic N) is 2. The predicted octanol–water partition coefficient (Wildman–Crippen LogP) is 3.55. The molecule has 0 spiro atoms. The highest BCUT2D eigenvalue weighted by atomic mass is 79.9. The molecule has 1 heterocycles. The van der Waals surface area contributed by atoms with Crippen LogP contribution in [-0.4, -0.2) is 15.7 Å². The third-order valence-electron chi connectivity index (χ3n) is 2.60. The summed E-state index contributed by atoms with van der Waals surface area (Å²) >= 11 is 9.21. The van der Waals surface area contributed by atoms with Gasteiger partial charge in [0.15, 0.2) is 0 Å². The van der Waals surface area contributed by atoms with Crippen molar-refractivity contribution in [3.05, 3.63) is 45.1 Å². The van der Waals surface area contributed by atoms with E-state index >= 15 is 0 Å². The molecule has 0 bridgehead atoms. The Labute approximate surface area is 124 Å². The molecule has 0 fully saturated rings. The predicted molar refractivity (Wildman–Crippen MR) is 79.5 cm³/mol. The van der Waals surface area contributed by atoms with E-state index in [-0.39, 0.29) is 12.5 Å². The van der Waals surface area contributed by atoms with Crippen molar-refractivity contribution in [3.8, 4) is 0 Å². The molecular weight excluding hydrogens is 330 g/mol. The maximum Gasteiger partial charge on any atom is 0.246 e. The zero-order chi connectivity index (χ0) is 14.0. The number of nitrogens with one attached hydrogen (secondary N) is 1. The topological polar surface area (TPSA) is 46.9 Å². The Hall–Kier alpha value is -1.33.